The monoisotopic (exact) mass is 520 g/mol. The molecule has 3 aromatic rings. The fourth-order valence-corrected chi connectivity index (χ4v) is 4.67. The molecule has 0 saturated carbocycles. The average molecular weight is 521 g/mol. The van der Waals surface area contributed by atoms with Gasteiger partial charge in [-0.25, -0.2) is 4.39 Å². The van der Waals surface area contributed by atoms with Crippen LogP contribution in [0.1, 0.15) is 62.3 Å². The van der Waals surface area contributed by atoms with E-state index in [4.69, 9.17) is 14.2 Å². The van der Waals surface area contributed by atoms with Crippen molar-refractivity contribution >= 4 is 5.97 Å². The SMILES string of the molecule is C=CC(C)(C)[C@@H](OC)c1cc(COc2cccc([C@H](CC)CC(=O)O)c2)ccc1-c1cc(OC)ccc1F. The highest BCUT2D eigenvalue weighted by molar-refractivity contribution is 5.71. The summed E-state index contributed by atoms with van der Waals surface area (Å²) in [5.41, 5.74) is 3.32. The summed E-state index contributed by atoms with van der Waals surface area (Å²) in [6, 6.07) is 18.0. The van der Waals surface area contributed by atoms with Gasteiger partial charge in [-0.15, -0.1) is 6.58 Å². The Hall–Kier alpha value is -3.64. The van der Waals surface area contributed by atoms with Gasteiger partial charge in [0.25, 0.3) is 0 Å². The quantitative estimate of drug-likeness (QED) is 0.232. The first-order valence-electron chi connectivity index (χ1n) is 12.7. The molecule has 0 radical (unpaired) electrons. The number of rotatable bonds is 13. The summed E-state index contributed by atoms with van der Waals surface area (Å²) in [5, 5.41) is 9.24. The van der Waals surface area contributed by atoms with Crippen molar-refractivity contribution in [1.82, 2.24) is 0 Å². The molecule has 0 aliphatic carbocycles. The molecular formula is C32H37FO5. The van der Waals surface area contributed by atoms with Crippen LogP contribution in [0.4, 0.5) is 4.39 Å². The standard InChI is InChI=1S/C32H37FO5/c1-7-22(18-30(34)35)23-10-9-11-25(17-23)38-20-21-12-14-26(27-19-24(36-5)13-15-29(27)33)28(16-21)31(37-6)32(3,4)8-2/h8-17,19,22,31H,2,7,18,20H2,1,3-6H3,(H,34,35)/t22-,31+/m1/s1. The molecular weight excluding hydrogens is 483 g/mol. The lowest BCUT2D eigenvalue weighted by atomic mass is 9.79. The molecule has 2 atom stereocenters. The van der Waals surface area contributed by atoms with Crippen LogP contribution >= 0.6 is 0 Å². The smallest absolute Gasteiger partial charge is 0.303 e. The molecule has 0 unspecified atom stereocenters. The molecule has 0 spiro atoms. The van der Waals surface area contributed by atoms with Crippen LogP contribution in [-0.2, 0) is 16.1 Å². The van der Waals surface area contributed by atoms with Gasteiger partial charge in [-0.2, -0.15) is 0 Å². The van der Waals surface area contributed by atoms with E-state index < -0.39 is 17.5 Å². The molecule has 1 N–H and O–H groups in total. The lowest BCUT2D eigenvalue weighted by Gasteiger charge is -2.32. The van der Waals surface area contributed by atoms with Gasteiger partial charge in [-0.1, -0.05) is 51.1 Å². The van der Waals surface area contributed by atoms with Crippen molar-refractivity contribution in [3.63, 3.8) is 0 Å². The zero-order valence-electron chi connectivity index (χ0n) is 22.8. The Morgan fingerprint density at radius 1 is 1.05 bits per heavy atom. The van der Waals surface area contributed by atoms with E-state index in [0.717, 1.165) is 23.1 Å². The van der Waals surface area contributed by atoms with E-state index in [0.29, 0.717) is 22.6 Å². The van der Waals surface area contributed by atoms with E-state index in [1.165, 1.54) is 6.07 Å². The number of carboxylic acids is 1. The number of carboxylic acid groups (broad SMARTS) is 1. The number of halogens is 1. The summed E-state index contributed by atoms with van der Waals surface area (Å²) in [5.74, 6) is -0.0388. The molecule has 0 fully saturated rings. The van der Waals surface area contributed by atoms with Crippen LogP contribution < -0.4 is 9.47 Å². The predicted molar refractivity (Wildman–Crippen MR) is 148 cm³/mol. The molecule has 202 valence electrons. The maximum absolute atomic E-state index is 15.0. The summed E-state index contributed by atoms with van der Waals surface area (Å²) in [6.45, 7) is 10.3. The number of hydrogen-bond donors (Lipinski definition) is 1. The third-order valence-electron chi connectivity index (χ3n) is 6.95. The fourth-order valence-electron chi connectivity index (χ4n) is 4.67. The average Bonchev–Trinajstić information content (AvgIpc) is 2.91. The van der Waals surface area contributed by atoms with Crippen molar-refractivity contribution < 1.29 is 28.5 Å². The Labute approximate surface area is 224 Å². The third kappa shape index (κ3) is 6.81. The maximum atomic E-state index is 15.0. The van der Waals surface area contributed by atoms with Gasteiger partial charge >= 0.3 is 5.97 Å². The Morgan fingerprint density at radius 2 is 1.82 bits per heavy atom. The van der Waals surface area contributed by atoms with Gasteiger partial charge in [0.15, 0.2) is 0 Å². The molecule has 6 heteroatoms. The summed E-state index contributed by atoms with van der Waals surface area (Å²) in [6.07, 6.45) is 2.23. The van der Waals surface area contributed by atoms with Gasteiger partial charge in [-0.3, -0.25) is 4.79 Å². The zero-order valence-corrected chi connectivity index (χ0v) is 22.8. The predicted octanol–water partition coefficient (Wildman–Crippen LogP) is 7.95. The first-order chi connectivity index (χ1) is 18.1. The Kier molecular flexibility index (Phi) is 9.70. The molecule has 3 aromatic carbocycles. The van der Waals surface area contributed by atoms with Gasteiger partial charge in [0.05, 0.1) is 19.6 Å². The van der Waals surface area contributed by atoms with Crippen molar-refractivity contribution in [1.29, 1.82) is 0 Å². The van der Waals surface area contributed by atoms with E-state index >= 15 is 4.39 Å². The number of methoxy groups -OCH3 is 2. The van der Waals surface area contributed by atoms with Crippen LogP contribution in [-0.4, -0.2) is 25.3 Å². The lowest BCUT2D eigenvalue weighted by molar-refractivity contribution is -0.137. The highest BCUT2D eigenvalue weighted by atomic mass is 19.1. The molecule has 0 aromatic heterocycles. The Bertz CT molecular complexity index is 1270. The highest BCUT2D eigenvalue weighted by Crippen LogP contribution is 2.43. The highest BCUT2D eigenvalue weighted by Gasteiger charge is 2.31. The van der Waals surface area contributed by atoms with Crippen LogP contribution in [0.3, 0.4) is 0 Å². The van der Waals surface area contributed by atoms with Crippen LogP contribution in [0.5, 0.6) is 11.5 Å². The van der Waals surface area contributed by atoms with Crippen LogP contribution in [0.15, 0.2) is 73.3 Å². The fraction of sp³-hybridized carbons (Fsp3) is 0.344. The number of benzene rings is 3. The molecule has 5 nitrogen and oxygen atoms in total. The summed E-state index contributed by atoms with van der Waals surface area (Å²) < 4.78 is 32.4. The molecule has 0 bridgehead atoms. The first-order valence-corrected chi connectivity index (χ1v) is 12.7. The minimum atomic E-state index is -0.821. The van der Waals surface area contributed by atoms with Gasteiger partial charge in [-0.05, 0) is 71.0 Å². The second-order valence-electron chi connectivity index (χ2n) is 9.97. The van der Waals surface area contributed by atoms with Crippen LogP contribution in [0.2, 0.25) is 0 Å². The maximum Gasteiger partial charge on any atom is 0.303 e. The molecule has 0 amide bonds. The van der Waals surface area contributed by atoms with Crippen molar-refractivity contribution in [2.45, 2.75) is 52.2 Å². The third-order valence-corrected chi connectivity index (χ3v) is 6.95. The number of ether oxygens (including phenoxy) is 3. The molecule has 0 saturated heterocycles. The molecule has 0 heterocycles. The molecule has 0 aliphatic heterocycles. The summed E-state index contributed by atoms with van der Waals surface area (Å²) in [4.78, 5) is 11.3. The van der Waals surface area contributed by atoms with Crippen molar-refractivity contribution in [3.05, 3.63) is 95.8 Å². The van der Waals surface area contributed by atoms with Gasteiger partial charge < -0.3 is 19.3 Å². The van der Waals surface area contributed by atoms with Crippen LogP contribution in [0, 0.1) is 11.2 Å². The molecule has 3 rings (SSSR count). The van der Waals surface area contributed by atoms with Crippen molar-refractivity contribution in [2.24, 2.45) is 5.41 Å². The minimum absolute atomic E-state index is 0.0725. The summed E-state index contributed by atoms with van der Waals surface area (Å²) >= 11 is 0. The van der Waals surface area contributed by atoms with Crippen molar-refractivity contribution in [2.75, 3.05) is 14.2 Å². The minimum Gasteiger partial charge on any atom is -0.497 e. The van der Waals surface area contributed by atoms with E-state index in [1.54, 1.807) is 26.4 Å². The van der Waals surface area contributed by atoms with E-state index in [-0.39, 0.29) is 24.8 Å². The normalized spacial score (nSPS) is 13.0. The van der Waals surface area contributed by atoms with E-state index in [9.17, 15) is 9.90 Å². The van der Waals surface area contributed by atoms with Gasteiger partial charge in [0, 0.05) is 18.1 Å². The number of hydrogen-bond acceptors (Lipinski definition) is 4. The Balaban J connectivity index is 1.99. The van der Waals surface area contributed by atoms with Gasteiger partial charge in [0.2, 0.25) is 0 Å². The second-order valence-corrected chi connectivity index (χ2v) is 9.97. The van der Waals surface area contributed by atoms with Crippen molar-refractivity contribution in [3.8, 4) is 22.6 Å². The largest absolute Gasteiger partial charge is 0.497 e. The number of carbonyl (C=O) groups is 1. The van der Waals surface area contributed by atoms with Crippen LogP contribution in [0.25, 0.3) is 11.1 Å². The van der Waals surface area contributed by atoms with E-state index in [2.05, 4.69) is 6.58 Å². The van der Waals surface area contributed by atoms with E-state index in [1.807, 2.05) is 69.3 Å². The summed E-state index contributed by atoms with van der Waals surface area (Å²) in [7, 11) is 3.19. The lowest BCUT2D eigenvalue weighted by Crippen LogP contribution is -2.22. The molecule has 38 heavy (non-hydrogen) atoms. The first kappa shape index (κ1) is 28.9. The van der Waals surface area contributed by atoms with Gasteiger partial charge in [0.1, 0.15) is 23.9 Å². The Morgan fingerprint density at radius 3 is 2.45 bits per heavy atom. The second kappa shape index (κ2) is 12.7. The topological polar surface area (TPSA) is 65.0 Å². The molecule has 0 aliphatic rings. The zero-order chi connectivity index (χ0) is 27.9. The number of aliphatic carboxylic acids is 1.